The van der Waals surface area contributed by atoms with Crippen molar-refractivity contribution < 1.29 is 18.0 Å². The highest BCUT2D eigenvalue weighted by Crippen LogP contribution is 2.27. The largest absolute Gasteiger partial charge is 0.497 e. The third kappa shape index (κ3) is 5.19. The minimum atomic E-state index is -1.06. The maximum Gasteiger partial charge on any atom is 0.324 e. The van der Waals surface area contributed by atoms with Crippen molar-refractivity contribution in [3.05, 3.63) is 71.3 Å². The van der Waals surface area contributed by atoms with Gasteiger partial charge in [-0.15, -0.1) is 0 Å². The Labute approximate surface area is 180 Å². The lowest BCUT2D eigenvalue weighted by Crippen LogP contribution is -2.51. The van der Waals surface area contributed by atoms with Crippen molar-refractivity contribution >= 4 is 6.01 Å². The molecule has 6 nitrogen and oxygen atoms in total. The normalized spacial score (nSPS) is 19.4. The van der Waals surface area contributed by atoms with Crippen LogP contribution in [0.1, 0.15) is 23.4 Å². The summed E-state index contributed by atoms with van der Waals surface area (Å²) in [7, 11) is 3.53. The van der Waals surface area contributed by atoms with Crippen LogP contribution in [0.4, 0.5) is 14.8 Å². The molecule has 1 aliphatic heterocycles. The number of alkyl halides is 1. The molecule has 164 valence electrons. The quantitative estimate of drug-likeness (QED) is 0.570. The number of halogens is 2. The highest BCUT2D eigenvalue weighted by Gasteiger charge is 2.35. The van der Waals surface area contributed by atoms with Crippen molar-refractivity contribution in [2.75, 3.05) is 32.1 Å². The Hall–Kier alpha value is -3.00. The van der Waals surface area contributed by atoms with Gasteiger partial charge in [0.2, 0.25) is 0 Å². The van der Waals surface area contributed by atoms with Gasteiger partial charge >= 0.3 is 6.01 Å². The first-order valence-corrected chi connectivity index (χ1v) is 10.3. The Bertz CT molecular complexity index is 978. The molecule has 0 saturated carbocycles. The van der Waals surface area contributed by atoms with E-state index in [1.165, 1.54) is 12.1 Å². The molecule has 0 amide bonds. The molecule has 1 aromatic heterocycles. The fourth-order valence-electron chi connectivity index (χ4n) is 3.87. The Morgan fingerprint density at radius 2 is 1.84 bits per heavy atom. The van der Waals surface area contributed by atoms with Crippen molar-refractivity contribution in [3.63, 3.8) is 0 Å². The van der Waals surface area contributed by atoms with Crippen LogP contribution in [0, 0.1) is 5.82 Å². The van der Waals surface area contributed by atoms with Crippen LogP contribution in [0.3, 0.4) is 0 Å². The van der Waals surface area contributed by atoms with E-state index in [2.05, 4.69) is 10.1 Å². The van der Waals surface area contributed by atoms with Gasteiger partial charge in [0.1, 0.15) is 17.7 Å². The summed E-state index contributed by atoms with van der Waals surface area (Å²) in [4.78, 5) is 8.34. The van der Waals surface area contributed by atoms with Crippen molar-refractivity contribution in [1.29, 1.82) is 0 Å². The van der Waals surface area contributed by atoms with Crippen molar-refractivity contribution in [1.82, 2.24) is 15.0 Å². The standard InChI is InChI=1S/C23H26F2N4O2/c1-28-12-11-21(20(25)15-28)29(14-17-3-7-18(24)8-4-17)23-26-22(27-31-23)13-16-5-9-19(30-2)10-6-16/h3-10,20-21H,11-15H2,1-2H3/t20-,21+/m1/s1. The Morgan fingerprint density at radius 3 is 2.52 bits per heavy atom. The van der Waals surface area contributed by atoms with Gasteiger partial charge in [0.15, 0.2) is 5.82 Å². The van der Waals surface area contributed by atoms with Gasteiger partial charge in [0, 0.05) is 26.1 Å². The number of ether oxygens (including phenoxy) is 1. The van der Waals surface area contributed by atoms with E-state index in [-0.39, 0.29) is 11.8 Å². The molecular formula is C23H26F2N4O2. The molecule has 2 atom stereocenters. The summed E-state index contributed by atoms with van der Waals surface area (Å²) >= 11 is 0. The van der Waals surface area contributed by atoms with Crippen LogP contribution in [-0.2, 0) is 13.0 Å². The second-order valence-electron chi connectivity index (χ2n) is 7.91. The molecule has 0 unspecified atom stereocenters. The predicted octanol–water partition coefficient (Wildman–Crippen LogP) is 3.86. The lowest BCUT2D eigenvalue weighted by Gasteiger charge is -2.38. The lowest BCUT2D eigenvalue weighted by atomic mass is 10.0. The summed E-state index contributed by atoms with van der Waals surface area (Å²) in [6.07, 6.45) is 0.0653. The maximum atomic E-state index is 15.0. The molecule has 31 heavy (non-hydrogen) atoms. The van der Waals surface area contributed by atoms with E-state index >= 15 is 0 Å². The van der Waals surface area contributed by atoms with E-state index in [1.807, 2.05) is 41.1 Å². The fourth-order valence-corrected chi connectivity index (χ4v) is 3.87. The summed E-state index contributed by atoms with van der Waals surface area (Å²) in [5.74, 6) is 0.990. The van der Waals surface area contributed by atoms with Gasteiger partial charge in [-0.2, -0.15) is 4.98 Å². The number of rotatable bonds is 7. The minimum Gasteiger partial charge on any atom is -0.497 e. The van der Waals surface area contributed by atoms with Crippen LogP contribution in [0.25, 0.3) is 0 Å². The van der Waals surface area contributed by atoms with Gasteiger partial charge in [-0.25, -0.2) is 8.78 Å². The first-order chi connectivity index (χ1) is 15.0. The van der Waals surface area contributed by atoms with E-state index in [1.54, 1.807) is 19.2 Å². The average molecular weight is 428 g/mol. The van der Waals surface area contributed by atoms with Gasteiger partial charge in [0.05, 0.1) is 13.2 Å². The van der Waals surface area contributed by atoms with Crippen molar-refractivity contribution in [3.8, 4) is 5.75 Å². The molecule has 4 rings (SSSR count). The second-order valence-corrected chi connectivity index (χ2v) is 7.91. The third-order valence-electron chi connectivity index (χ3n) is 5.60. The topological polar surface area (TPSA) is 54.6 Å². The molecule has 0 spiro atoms. The number of nitrogens with zero attached hydrogens (tertiary/aromatic N) is 4. The summed E-state index contributed by atoms with van der Waals surface area (Å²) in [6.45, 7) is 1.48. The van der Waals surface area contributed by atoms with Crippen LogP contribution in [0.2, 0.25) is 0 Å². The van der Waals surface area contributed by atoms with E-state index in [4.69, 9.17) is 9.26 Å². The molecule has 0 aliphatic carbocycles. The number of hydrogen-bond acceptors (Lipinski definition) is 6. The average Bonchev–Trinajstić information content (AvgIpc) is 3.22. The summed E-state index contributed by atoms with van der Waals surface area (Å²) in [5.41, 5.74) is 1.86. The lowest BCUT2D eigenvalue weighted by molar-refractivity contribution is 0.132. The molecule has 0 N–H and O–H groups in total. The molecule has 1 aliphatic rings. The highest BCUT2D eigenvalue weighted by molar-refractivity contribution is 5.34. The van der Waals surface area contributed by atoms with Crippen molar-refractivity contribution in [2.24, 2.45) is 0 Å². The van der Waals surface area contributed by atoms with Gasteiger partial charge in [0.25, 0.3) is 0 Å². The molecule has 3 aromatic rings. The zero-order valence-electron chi connectivity index (χ0n) is 17.7. The fraction of sp³-hybridized carbons (Fsp3) is 0.391. The van der Waals surface area contributed by atoms with Gasteiger partial charge in [-0.1, -0.05) is 29.4 Å². The SMILES string of the molecule is COc1ccc(Cc2noc(N(Cc3ccc(F)cc3)[C@H]3CCN(C)C[C@H]3F)n2)cc1. The zero-order valence-corrected chi connectivity index (χ0v) is 17.7. The first-order valence-electron chi connectivity index (χ1n) is 10.3. The molecule has 0 radical (unpaired) electrons. The van der Waals surface area contributed by atoms with Crippen molar-refractivity contribution in [2.45, 2.75) is 31.6 Å². The number of anilines is 1. The monoisotopic (exact) mass is 428 g/mol. The van der Waals surface area contributed by atoms with Crippen LogP contribution < -0.4 is 9.64 Å². The van der Waals surface area contributed by atoms with E-state index < -0.39 is 12.2 Å². The van der Waals surface area contributed by atoms with Gasteiger partial charge in [-0.05, 0) is 48.9 Å². The number of benzene rings is 2. The molecule has 0 bridgehead atoms. The van der Waals surface area contributed by atoms with E-state index in [9.17, 15) is 8.78 Å². The minimum absolute atomic E-state index is 0.282. The smallest absolute Gasteiger partial charge is 0.324 e. The second kappa shape index (κ2) is 9.43. The summed E-state index contributed by atoms with van der Waals surface area (Å²) in [5, 5.41) is 4.11. The van der Waals surface area contributed by atoms with E-state index in [0.29, 0.717) is 31.8 Å². The number of methoxy groups -OCH3 is 1. The molecule has 1 fully saturated rings. The Kier molecular flexibility index (Phi) is 6.46. The first kappa shape index (κ1) is 21.2. The number of aromatic nitrogens is 2. The Morgan fingerprint density at radius 1 is 1.13 bits per heavy atom. The number of piperidine rings is 1. The van der Waals surface area contributed by atoms with E-state index in [0.717, 1.165) is 23.4 Å². The summed E-state index contributed by atoms with van der Waals surface area (Å²) in [6, 6.07) is 13.7. The maximum absolute atomic E-state index is 15.0. The summed E-state index contributed by atoms with van der Waals surface area (Å²) < 4.78 is 39.1. The molecule has 2 heterocycles. The number of hydrogen-bond donors (Lipinski definition) is 0. The molecule has 8 heteroatoms. The number of likely N-dealkylation sites (tertiary alicyclic amines) is 1. The van der Waals surface area contributed by atoms with Crippen LogP contribution in [0.15, 0.2) is 53.1 Å². The van der Waals surface area contributed by atoms with Crippen LogP contribution >= 0.6 is 0 Å². The van der Waals surface area contributed by atoms with Gasteiger partial charge < -0.3 is 19.1 Å². The third-order valence-corrected chi connectivity index (χ3v) is 5.60. The Balaban J connectivity index is 1.56. The molecule has 1 saturated heterocycles. The molecule has 2 aromatic carbocycles. The van der Waals surface area contributed by atoms with Gasteiger partial charge in [-0.3, -0.25) is 0 Å². The van der Waals surface area contributed by atoms with Crippen LogP contribution in [-0.4, -0.2) is 54.5 Å². The van der Waals surface area contributed by atoms with Crippen LogP contribution in [0.5, 0.6) is 5.75 Å². The molecular weight excluding hydrogens is 402 g/mol. The predicted molar refractivity (Wildman–Crippen MR) is 113 cm³/mol. The zero-order chi connectivity index (χ0) is 21.8. The highest BCUT2D eigenvalue weighted by atomic mass is 19.1.